The smallest absolute Gasteiger partial charge is 0.0309 e. The monoisotopic (exact) mass is 310 g/mol. The van der Waals surface area contributed by atoms with Crippen LogP contribution in [-0.4, -0.2) is 47.1 Å². The molecule has 3 fully saturated rings. The Bertz CT molecular complexity index is 355. The Hall–Kier alpha value is 0.270. The number of piperazine rings is 1. The maximum Gasteiger partial charge on any atom is 0.0309 e. The summed E-state index contributed by atoms with van der Waals surface area (Å²) in [5, 5.41) is 4.80. The average molecular weight is 311 g/mol. The highest BCUT2D eigenvalue weighted by Crippen LogP contribution is 2.43. The van der Waals surface area contributed by atoms with Gasteiger partial charge in [-0.15, -0.1) is 0 Å². The number of thioether (sulfide) groups is 1. The van der Waals surface area contributed by atoms with E-state index < -0.39 is 0 Å². The number of hydrogen-bond acceptors (Lipinski definition) is 3. The molecule has 0 radical (unpaired) electrons. The Morgan fingerprint density at radius 3 is 2.48 bits per heavy atom. The highest BCUT2D eigenvalue weighted by molar-refractivity contribution is 7.99. The third-order valence-corrected chi connectivity index (χ3v) is 7.45. The van der Waals surface area contributed by atoms with Gasteiger partial charge in [0.05, 0.1) is 0 Å². The number of rotatable bonds is 4. The van der Waals surface area contributed by atoms with E-state index in [2.05, 4.69) is 49.0 Å². The third-order valence-electron chi connectivity index (χ3n) is 6.30. The maximum atomic E-state index is 3.94. The minimum atomic E-state index is 0.381. The van der Waals surface area contributed by atoms with Crippen molar-refractivity contribution >= 4 is 11.8 Å². The molecule has 1 heterocycles. The van der Waals surface area contributed by atoms with Gasteiger partial charge in [-0.25, -0.2) is 0 Å². The molecule has 2 saturated carbocycles. The summed E-state index contributed by atoms with van der Waals surface area (Å²) < 4.78 is 0. The predicted octanol–water partition coefficient (Wildman–Crippen LogP) is 3.76. The predicted molar refractivity (Wildman–Crippen MR) is 94.0 cm³/mol. The Balaban J connectivity index is 1.79. The van der Waals surface area contributed by atoms with Gasteiger partial charge in [0.2, 0.25) is 0 Å². The molecular formula is C18H34N2S. The molecule has 1 N–H and O–H groups in total. The van der Waals surface area contributed by atoms with Crippen LogP contribution in [0.2, 0.25) is 0 Å². The molecule has 3 aliphatic rings. The molecule has 4 atom stereocenters. The van der Waals surface area contributed by atoms with Gasteiger partial charge in [0.15, 0.2) is 0 Å². The summed E-state index contributed by atoms with van der Waals surface area (Å²) in [4.78, 5) is 2.94. The van der Waals surface area contributed by atoms with Crippen LogP contribution in [0.5, 0.6) is 0 Å². The van der Waals surface area contributed by atoms with E-state index in [0.717, 1.165) is 29.2 Å². The van der Waals surface area contributed by atoms with Gasteiger partial charge in [-0.1, -0.05) is 26.7 Å². The SMILES string of the molecule is CSC1CCCCC1N1CC(C)(C2CC2)NCC1C(C)C. The lowest BCUT2D eigenvalue weighted by Gasteiger charge is -2.53. The van der Waals surface area contributed by atoms with Gasteiger partial charge in [0, 0.05) is 36.0 Å². The Morgan fingerprint density at radius 1 is 1.14 bits per heavy atom. The summed E-state index contributed by atoms with van der Waals surface area (Å²) >= 11 is 2.12. The molecule has 4 unspecified atom stereocenters. The van der Waals surface area contributed by atoms with Crippen molar-refractivity contribution in [2.75, 3.05) is 19.3 Å². The fraction of sp³-hybridized carbons (Fsp3) is 1.00. The summed E-state index contributed by atoms with van der Waals surface area (Å²) in [6, 6.07) is 1.55. The maximum absolute atomic E-state index is 3.94. The van der Waals surface area contributed by atoms with Crippen LogP contribution in [0.4, 0.5) is 0 Å². The second-order valence-electron chi connectivity index (χ2n) is 8.18. The van der Waals surface area contributed by atoms with Crippen LogP contribution < -0.4 is 5.32 Å². The van der Waals surface area contributed by atoms with Gasteiger partial charge in [-0.05, 0) is 50.7 Å². The first-order chi connectivity index (χ1) is 10.0. The molecule has 2 nitrogen and oxygen atoms in total. The van der Waals surface area contributed by atoms with E-state index >= 15 is 0 Å². The molecule has 2 aliphatic carbocycles. The van der Waals surface area contributed by atoms with Gasteiger partial charge in [-0.2, -0.15) is 11.8 Å². The average Bonchev–Trinajstić information content (AvgIpc) is 3.32. The van der Waals surface area contributed by atoms with Crippen molar-refractivity contribution in [3.63, 3.8) is 0 Å². The molecule has 0 aromatic carbocycles. The summed E-state index contributed by atoms with van der Waals surface area (Å²) in [6.07, 6.45) is 11.0. The van der Waals surface area contributed by atoms with E-state index in [1.807, 2.05) is 0 Å². The van der Waals surface area contributed by atoms with Crippen molar-refractivity contribution in [3.05, 3.63) is 0 Å². The van der Waals surface area contributed by atoms with Crippen molar-refractivity contribution in [2.45, 2.75) is 82.2 Å². The van der Waals surface area contributed by atoms with Crippen LogP contribution in [0.25, 0.3) is 0 Å². The first-order valence-electron chi connectivity index (χ1n) is 9.08. The zero-order valence-electron chi connectivity index (χ0n) is 14.4. The minimum Gasteiger partial charge on any atom is -0.308 e. The molecule has 21 heavy (non-hydrogen) atoms. The topological polar surface area (TPSA) is 15.3 Å². The molecule has 0 aromatic rings. The lowest BCUT2D eigenvalue weighted by Crippen LogP contribution is -2.68. The zero-order chi connectivity index (χ0) is 15.0. The largest absolute Gasteiger partial charge is 0.308 e. The van der Waals surface area contributed by atoms with Crippen LogP contribution in [-0.2, 0) is 0 Å². The van der Waals surface area contributed by atoms with Crippen molar-refractivity contribution in [3.8, 4) is 0 Å². The molecule has 1 saturated heterocycles. The van der Waals surface area contributed by atoms with Crippen molar-refractivity contribution < 1.29 is 0 Å². The van der Waals surface area contributed by atoms with Gasteiger partial charge < -0.3 is 5.32 Å². The minimum absolute atomic E-state index is 0.381. The first kappa shape index (κ1) is 16.1. The molecule has 0 amide bonds. The third kappa shape index (κ3) is 3.30. The summed E-state index contributed by atoms with van der Waals surface area (Å²) in [7, 11) is 0. The first-order valence-corrected chi connectivity index (χ1v) is 10.4. The van der Waals surface area contributed by atoms with Crippen LogP contribution in [0.3, 0.4) is 0 Å². The zero-order valence-corrected chi connectivity index (χ0v) is 15.2. The lowest BCUT2D eigenvalue weighted by molar-refractivity contribution is 0.00852. The lowest BCUT2D eigenvalue weighted by atomic mass is 9.84. The molecule has 0 aromatic heterocycles. The summed E-state index contributed by atoms with van der Waals surface area (Å²) in [5.74, 6) is 1.69. The fourth-order valence-corrected chi connectivity index (χ4v) is 5.72. The molecule has 1 aliphatic heterocycles. The number of hydrogen-bond donors (Lipinski definition) is 1. The van der Waals surface area contributed by atoms with Gasteiger partial charge in [0.1, 0.15) is 0 Å². The van der Waals surface area contributed by atoms with Crippen LogP contribution >= 0.6 is 11.8 Å². The quantitative estimate of drug-likeness (QED) is 0.851. The number of nitrogens with one attached hydrogen (secondary N) is 1. The summed E-state index contributed by atoms with van der Waals surface area (Å²) in [6.45, 7) is 9.79. The van der Waals surface area contributed by atoms with Gasteiger partial charge in [0.25, 0.3) is 0 Å². The Labute approximate surface area is 135 Å². The van der Waals surface area contributed by atoms with E-state index in [1.54, 1.807) is 0 Å². The van der Waals surface area contributed by atoms with Gasteiger partial charge in [-0.3, -0.25) is 4.90 Å². The van der Waals surface area contributed by atoms with Crippen LogP contribution in [0.1, 0.15) is 59.3 Å². The standard InChI is InChI=1S/C18H34N2S/c1-13(2)16-11-19-18(3,14-9-10-14)12-20(16)15-7-5-6-8-17(15)21-4/h13-17,19H,5-12H2,1-4H3. The Morgan fingerprint density at radius 2 is 1.86 bits per heavy atom. The second kappa shape index (κ2) is 6.41. The molecule has 0 spiro atoms. The Kier molecular flexibility index (Phi) is 4.93. The van der Waals surface area contributed by atoms with Crippen LogP contribution in [0, 0.1) is 11.8 Å². The van der Waals surface area contributed by atoms with E-state index in [1.165, 1.54) is 51.6 Å². The fourth-order valence-electron chi connectivity index (χ4n) is 4.71. The van der Waals surface area contributed by atoms with Crippen molar-refractivity contribution in [2.24, 2.45) is 11.8 Å². The highest BCUT2D eigenvalue weighted by Gasteiger charge is 2.48. The molecule has 0 bridgehead atoms. The normalized spacial score (nSPS) is 42.4. The summed E-state index contributed by atoms with van der Waals surface area (Å²) in [5.41, 5.74) is 0.381. The second-order valence-corrected chi connectivity index (χ2v) is 9.26. The van der Waals surface area contributed by atoms with Gasteiger partial charge >= 0.3 is 0 Å². The van der Waals surface area contributed by atoms with E-state index in [0.29, 0.717) is 5.54 Å². The number of nitrogens with zero attached hydrogens (tertiary/aromatic N) is 1. The van der Waals surface area contributed by atoms with E-state index in [-0.39, 0.29) is 0 Å². The molecule has 3 rings (SSSR count). The highest BCUT2D eigenvalue weighted by atomic mass is 32.2. The van der Waals surface area contributed by atoms with E-state index in [9.17, 15) is 0 Å². The van der Waals surface area contributed by atoms with E-state index in [4.69, 9.17) is 0 Å². The van der Waals surface area contributed by atoms with Crippen LogP contribution in [0.15, 0.2) is 0 Å². The molecular weight excluding hydrogens is 276 g/mol. The van der Waals surface area contributed by atoms with Crippen molar-refractivity contribution in [1.82, 2.24) is 10.2 Å². The molecule has 3 heteroatoms. The van der Waals surface area contributed by atoms with Crippen molar-refractivity contribution in [1.29, 1.82) is 0 Å². The molecule has 122 valence electrons.